The highest BCUT2D eigenvalue weighted by atomic mass is 79.9. The van der Waals surface area contributed by atoms with Gasteiger partial charge in [-0.25, -0.2) is 8.42 Å². The summed E-state index contributed by atoms with van der Waals surface area (Å²) in [5.41, 5.74) is 2.75. The van der Waals surface area contributed by atoms with Crippen molar-refractivity contribution in [3.05, 3.63) is 129 Å². The molecule has 0 unspecified atom stereocenters. The molecule has 0 aliphatic heterocycles. The van der Waals surface area contributed by atoms with Gasteiger partial charge in [0.25, 0.3) is 10.0 Å². The normalized spacial score (nSPS) is 14.1. The number of carbonyl (C=O) groups excluding carboxylic acids is 2. The smallest absolute Gasteiger partial charge is 0.264 e. The van der Waals surface area contributed by atoms with Crippen LogP contribution in [0.4, 0.5) is 5.69 Å². The summed E-state index contributed by atoms with van der Waals surface area (Å²) >= 11 is 10.1. The summed E-state index contributed by atoms with van der Waals surface area (Å²) in [6.07, 6.45) is 4.12. The van der Waals surface area contributed by atoms with E-state index >= 15 is 0 Å². The monoisotopic (exact) mass is 721 g/mol. The lowest BCUT2D eigenvalue weighted by Crippen LogP contribution is -2.54. The first kappa shape index (κ1) is 33.7. The molecular formula is C36H37BrClN3O4S. The van der Waals surface area contributed by atoms with Gasteiger partial charge < -0.3 is 10.2 Å². The summed E-state index contributed by atoms with van der Waals surface area (Å²) in [4.78, 5) is 30.3. The number of aryl methyl sites for hydroxylation is 1. The van der Waals surface area contributed by atoms with E-state index in [-0.39, 0.29) is 40.5 Å². The number of amides is 2. The summed E-state index contributed by atoms with van der Waals surface area (Å²) < 4.78 is 30.3. The predicted octanol–water partition coefficient (Wildman–Crippen LogP) is 7.31. The Morgan fingerprint density at radius 2 is 1.54 bits per heavy atom. The van der Waals surface area contributed by atoms with Crippen LogP contribution >= 0.6 is 27.5 Å². The zero-order valence-electron chi connectivity index (χ0n) is 25.6. The molecule has 0 heterocycles. The van der Waals surface area contributed by atoms with E-state index < -0.39 is 28.5 Å². The van der Waals surface area contributed by atoms with Crippen LogP contribution in [0.25, 0.3) is 0 Å². The SMILES string of the molecule is Cc1ccc(S(=O)(=O)N(CC(=O)N(Cc2cccc(Br)c2)[C@H](Cc2ccccc2)C(=O)NC2CCCC2)c2ccccc2Cl)cc1. The molecule has 1 aliphatic rings. The number of rotatable bonds is 12. The summed E-state index contributed by atoms with van der Waals surface area (Å²) in [5, 5.41) is 3.38. The molecule has 10 heteroatoms. The molecule has 46 heavy (non-hydrogen) atoms. The van der Waals surface area contributed by atoms with Crippen LogP contribution in [0.2, 0.25) is 5.02 Å². The van der Waals surface area contributed by atoms with Crippen LogP contribution in [0.1, 0.15) is 42.4 Å². The van der Waals surface area contributed by atoms with Crippen LogP contribution in [-0.2, 0) is 32.6 Å². The maximum atomic E-state index is 14.6. The molecule has 0 spiro atoms. The third kappa shape index (κ3) is 8.37. The van der Waals surface area contributed by atoms with E-state index in [0.29, 0.717) is 0 Å². The highest BCUT2D eigenvalue weighted by Gasteiger charge is 2.36. The van der Waals surface area contributed by atoms with E-state index in [1.807, 2.05) is 61.5 Å². The number of halogens is 2. The van der Waals surface area contributed by atoms with Gasteiger partial charge in [-0.3, -0.25) is 13.9 Å². The average Bonchev–Trinajstić information content (AvgIpc) is 3.55. The molecular weight excluding hydrogens is 686 g/mol. The fourth-order valence-corrected chi connectivity index (χ4v) is 7.93. The zero-order chi connectivity index (χ0) is 32.7. The predicted molar refractivity (Wildman–Crippen MR) is 186 cm³/mol. The van der Waals surface area contributed by atoms with Crippen LogP contribution in [0, 0.1) is 6.92 Å². The van der Waals surface area contributed by atoms with Crippen molar-refractivity contribution in [2.75, 3.05) is 10.8 Å². The van der Waals surface area contributed by atoms with E-state index in [4.69, 9.17) is 11.6 Å². The number of hydrogen-bond donors (Lipinski definition) is 1. The molecule has 0 aromatic heterocycles. The fraction of sp³-hybridized carbons (Fsp3) is 0.278. The van der Waals surface area contributed by atoms with Gasteiger partial charge in [-0.1, -0.05) is 113 Å². The van der Waals surface area contributed by atoms with Crippen molar-refractivity contribution in [2.45, 2.75) is 62.6 Å². The number of anilines is 1. The first-order valence-electron chi connectivity index (χ1n) is 15.3. The molecule has 1 N–H and O–H groups in total. The minimum absolute atomic E-state index is 0.0316. The largest absolute Gasteiger partial charge is 0.352 e. The average molecular weight is 723 g/mol. The lowest BCUT2D eigenvalue weighted by Gasteiger charge is -2.34. The van der Waals surface area contributed by atoms with E-state index in [1.54, 1.807) is 36.4 Å². The quantitative estimate of drug-likeness (QED) is 0.166. The Kier molecular flexibility index (Phi) is 11.2. The maximum absolute atomic E-state index is 14.6. The van der Waals surface area contributed by atoms with E-state index in [2.05, 4.69) is 21.2 Å². The molecule has 4 aromatic rings. The number of para-hydroxylation sites is 1. The van der Waals surface area contributed by atoms with Gasteiger partial charge in [-0.15, -0.1) is 0 Å². The molecule has 0 saturated heterocycles. The highest BCUT2D eigenvalue weighted by Crippen LogP contribution is 2.31. The number of hydrogen-bond acceptors (Lipinski definition) is 4. The second kappa shape index (κ2) is 15.3. The van der Waals surface area contributed by atoms with Crippen LogP contribution < -0.4 is 9.62 Å². The lowest BCUT2D eigenvalue weighted by atomic mass is 10.0. The molecule has 240 valence electrons. The van der Waals surface area contributed by atoms with Crippen molar-refractivity contribution in [1.29, 1.82) is 0 Å². The molecule has 0 bridgehead atoms. The van der Waals surface area contributed by atoms with Crippen molar-refractivity contribution < 1.29 is 18.0 Å². The number of nitrogens with zero attached hydrogens (tertiary/aromatic N) is 2. The van der Waals surface area contributed by atoms with Crippen LogP contribution in [0.3, 0.4) is 0 Å². The Morgan fingerprint density at radius 3 is 2.22 bits per heavy atom. The summed E-state index contributed by atoms with van der Waals surface area (Å²) in [6, 6.07) is 29.2. The molecule has 1 aliphatic carbocycles. The Bertz CT molecular complexity index is 1760. The first-order valence-corrected chi connectivity index (χ1v) is 17.9. The maximum Gasteiger partial charge on any atom is 0.264 e. The van der Waals surface area contributed by atoms with Gasteiger partial charge in [-0.05, 0) is 67.3 Å². The fourth-order valence-electron chi connectivity index (χ4n) is 5.76. The van der Waals surface area contributed by atoms with Gasteiger partial charge in [-0.2, -0.15) is 0 Å². The van der Waals surface area contributed by atoms with Gasteiger partial charge in [0.1, 0.15) is 12.6 Å². The van der Waals surface area contributed by atoms with Gasteiger partial charge in [0.15, 0.2) is 0 Å². The summed E-state index contributed by atoms with van der Waals surface area (Å²) in [7, 11) is -4.23. The topological polar surface area (TPSA) is 86.8 Å². The van der Waals surface area contributed by atoms with E-state index in [0.717, 1.165) is 51.2 Å². The molecule has 0 radical (unpaired) electrons. The Balaban J connectivity index is 1.57. The Labute approximate surface area is 284 Å². The third-order valence-corrected chi connectivity index (χ3v) is 10.8. The number of carbonyl (C=O) groups is 2. The zero-order valence-corrected chi connectivity index (χ0v) is 28.8. The van der Waals surface area contributed by atoms with Gasteiger partial charge in [0.05, 0.1) is 15.6 Å². The van der Waals surface area contributed by atoms with Gasteiger partial charge >= 0.3 is 0 Å². The summed E-state index contributed by atoms with van der Waals surface area (Å²) in [5.74, 6) is -0.789. The Morgan fingerprint density at radius 1 is 0.891 bits per heavy atom. The van der Waals surface area contributed by atoms with Gasteiger partial charge in [0.2, 0.25) is 11.8 Å². The number of sulfonamides is 1. The molecule has 1 atom stereocenters. The van der Waals surface area contributed by atoms with Crippen molar-refractivity contribution in [3.8, 4) is 0 Å². The molecule has 1 saturated carbocycles. The number of benzene rings is 4. The van der Waals surface area contributed by atoms with Crippen molar-refractivity contribution in [3.63, 3.8) is 0 Å². The molecule has 2 amide bonds. The molecule has 4 aromatic carbocycles. The molecule has 5 rings (SSSR count). The van der Waals surface area contributed by atoms with Crippen LogP contribution in [-0.4, -0.2) is 43.8 Å². The summed E-state index contributed by atoms with van der Waals surface area (Å²) in [6.45, 7) is 1.40. The van der Waals surface area contributed by atoms with E-state index in [1.165, 1.54) is 17.0 Å². The minimum Gasteiger partial charge on any atom is -0.352 e. The van der Waals surface area contributed by atoms with Crippen LogP contribution in [0.15, 0.2) is 112 Å². The third-order valence-electron chi connectivity index (χ3n) is 8.22. The Hall–Kier alpha value is -3.66. The second-order valence-corrected chi connectivity index (χ2v) is 14.8. The first-order chi connectivity index (χ1) is 22.1. The highest BCUT2D eigenvalue weighted by molar-refractivity contribution is 9.10. The number of nitrogens with one attached hydrogen (secondary N) is 1. The van der Waals surface area contributed by atoms with Gasteiger partial charge in [0, 0.05) is 23.5 Å². The van der Waals surface area contributed by atoms with Crippen LogP contribution in [0.5, 0.6) is 0 Å². The van der Waals surface area contributed by atoms with Crippen molar-refractivity contribution >= 4 is 55.1 Å². The lowest BCUT2D eigenvalue weighted by molar-refractivity contribution is -0.140. The minimum atomic E-state index is -4.23. The molecule has 7 nitrogen and oxygen atoms in total. The van der Waals surface area contributed by atoms with Crippen molar-refractivity contribution in [2.24, 2.45) is 0 Å². The molecule has 1 fully saturated rings. The van der Waals surface area contributed by atoms with Crippen molar-refractivity contribution in [1.82, 2.24) is 10.2 Å². The standard InChI is InChI=1S/C36H37BrClN3O4S/c1-26-18-20-31(21-19-26)46(44,45)41(33-17-8-7-16-32(33)38)25-35(42)40(24-28-12-9-13-29(37)22-28)34(23-27-10-3-2-4-11-27)36(43)39-30-14-5-6-15-30/h2-4,7-13,16-22,30,34H,5-6,14-15,23-25H2,1H3,(H,39,43)/t34-/m1/s1. The second-order valence-electron chi connectivity index (χ2n) is 11.6. The van der Waals surface area contributed by atoms with E-state index in [9.17, 15) is 18.0 Å².